The van der Waals surface area contributed by atoms with Crippen molar-refractivity contribution in [2.45, 2.75) is 70.9 Å². The van der Waals surface area contributed by atoms with Crippen molar-refractivity contribution >= 4 is 11.9 Å². The summed E-state index contributed by atoms with van der Waals surface area (Å²) in [5.41, 5.74) is 0.654. The highest BCUT2D eigenvalue weighted by atomic mass is 16.6. The van der Waals surface area contributed by atoms with E-state index >= 15 is 0 Å². The van der Waals surface area contributed by atoms with E-state index in [9.17, 15) is 4.79 Å². The summed E-state index contributed by atoms with van der Waals surface area (Å²) in [6.45, 7) is 8.70. The molecule has 1 amide bonds. The number of carbonyl (C=O) groups excluding carboxylic acids is 1. The van der Waals surface area contributed by atoms with Crippen molar-refractivity contribution in [3.8, 4) is 0 Å². The van der Waals surface area contributed by atoms with Crippen LogP contribution >= 0.6 is 0 Å². The molecule has 0 radical (unpaired) electrons. The number of aromatic nitrogens is 1. The number of hydrogen-bond acceptors (Lipinski definition) is 4. The molecular formula is C20H31N3O2. The van der Waals surface area contributed by atoms with Crippen molar-refractivity contribution in [2.24, 2.45) is 0 Å². The zero-order valence-corrected chi connectivity index (χ0v) is 15.8. The lowest BCUT2D eigenvalue weighted by Gasteiger charge is -2.37. The van der Waals surface area contributed by atoms with Crippen LogP contribution in [0, 0.1) is 0 Å². The Morgan fingerprint density at radius 2 is 1.80 bits per heavy atom. The first-order valence-electron chi connectivity index (χ1n) is 9.64. The van der Waals surface area contributed by atoms with E-state index < -0.39 is 5.60 Å². The lowest BCUT2D eigenvalue weighted by Crippen LogP contribution is -2.41. The standard InChI is InChI=1S/C20H31N3O2/c1-20(2,3)25-19(24)23-14-8-5-9-17(23)16-10-11-18(21-15-16)22-12-6-4-7-13-22/h10-11,15,17H,4-9,12-14H2,1-3H3. The Kier molecular flexibility index (Phi) is 5.50. The number of pyridine rings is 1. The average molecular weight is 345 g/mol. The Hall–Kier alpha value is -1.78. The third kappa shape index (κ3) is 4.65. The fourth-order valence-electron chi connectivity index (χ4n) is 3.72. The van der Waals surface area contributed by atoms with E-state index in [1.54, 1.807) is 0 Å². The molecule has 3 heterocycles. The van der Waals surface area contributed by atoms with Gasteiger partial charge in [-0.15, -0.1) is 0 Å². The maximum absolute atomic E-state index is 12.6. The molecule has 138 valence electrons. The van der Waals surface area contributed by atoms with Crippen molar-refractivity contribution in [2.75, 3.05) is 24.5 Å². The first-order chi connectivity index (χ1) is 11.9. The summed E-state index contributed by atoms with van der Waals surface area (Å²) < 4.78 is 5.61. The fourth-order valence-corrected chi connectivity index (χ4v) is 3.72. The first-order valence-corrected chi connectivity index (χ1v) is 9.64. The van der Waals surface area contributed by atoms with Gasteiger partial charge in [0.2, 0.25) is 0 Å². The maximum atomic E-state index is 12.6. The summed E-state index contributed by atoms with van der Waals surface area (Å²) >= 11 is 0. The van der Waals surface area contributed by atoms with Gasteiger partial charge in [0.05, 0.1) is 6.04 Å². The van der Waals surface area contributed by atoms with E-state index in [0.29, 0.717) is 0 Å². The Bertz CT molecular complexity index is 574. The van der Waals surface area contributed by atoms with Crippen LogP contribution < -0.4 is 4.90 Å². The predicted octanol–water partition coefficient (Wildman–Crippen LogP) is 4.53. The highest BCUT2D eigenvalue weighted by molar-refractivity contribution is 5.69. The Balaban J connectivity index is 1.72. The van der Waals surface area contributed by atoms with Crippen LogP contribution in [0.15, 0.2) is 18.3 Å². The van der Waals surface area contributed by atoms with E-state index in [-0.39, 0.29) is 12.1 Å². The smallest absolute Gasteiger partial charge is 0.410 e. The van der Waals surface area contributed by atoms with Gasteiger partial charge in [0.1, 0.15) is 11.4 Å². The Morgan fingerprint density at radius 1 is 1.08 bits per heavy atom. The van der Waals surface area contributed by atoms with Gasteiger partial charge in [-0.2, -0.15) is 0 Å². The number of ether oxygens (including phenoxy) is 1. The molecule has 0 spiro atoms. The molecule has 0 aromatic carbocycles. The van der Waals surface area contributed by atoms with Crippen LogP contribution in [0.2, 0.25) is 0 Å². The van der Waals surface area contributed by atoms with Gasteiger partial charge in [-0.1, -0.05) is 6.07 Å². The molecule has 5 heteroatoms. The third-order valence-electron chi connectivity index (χ3n) is 4.97. The molecule has 1 aromatic rings. The second-order valence-electron chi connectivity index (χ2n) is 8.18. The molecule has 0 saturated carbocycles. The highest BCUT2D eigenvalue weighted by Gasteiger charge is 2.31. The molecule has 3 rings (SSSR count). The van der Waals surface area contributed by atoms with Crippen molar-refractivity contribution in [1.29, 1.82) is 0 Å². The molecule has 0 aliphatic carbocycles. The number of rotatable bonds is 2. The van der Waals surface area contributed by atoms with E-state index in [4.69, 9.17) is 9.72 Å². The van der Waals surface area contributed by atoms with Crippen LogP contribution in [-0.2, 0) is 4.74 Å². The number of hydrogen-bond donors (Lipinski definition) is 0. The quantitative estimate of drug-likeness (QED) is 0.790. The molecule has 2 aliphatic heterocycles. The van der Waals surface area contributed by atoms with E-state index in [1.807, 2.05) is 31.9 Å². The SMILES string of the molecule is CC(C)(C)OC(=O)N1CCCCC1c1ccc(N2CCCCC2)nc1. The molecule has 0 bridgehead atoms. The zero-order chi connectivity index (χ0) is 17.9. The van der Waals surface area contributed by atoms with Gasteiger partial charge in [0.25, 0.3) is 0 Å². The molecule has 1 atom stereocenters. The highest BCUT2D eigenvalue weighted by Crippen LogP contribution is 2.32. The van der Waals surface area contributed by atoms with Gasteiger partial charge in [0.15, 0.2) is 0 Å². The van der Waals surface area contributed by atoms with Crippen molar-refractivity contribution in [3.05, 3.63) is 23.9 Å². The van der Waals surface area contributed by atoms with Crippen LogP contribution in [0.3, 0.4) is 0 Å². The molecule has 1 aromatic heterocycles. The van der Waals surface area contributed by atoms with Gasteiger partial charge in [0, 0.05) is 25.8 Å². The van der Waals surface area contributed by atoms with Crippen LogP contribution in [-0.4, -0.2) is 41.2 Å². The Labute approximate surface area is 151 Å². The minimum atomic E-state index is -0.463. The largest absolute Gasteiger partial charge is 0.444 e. The molecule has 5 nitrogen and oxygen atoms in total. The van der Waals surface area contributed by atoms with Gasteiger partial charge < -0.3 is 14.5 Å². The number of likely N-dealkylation sites (tertiary alicyclic amines) is 1. The molecule has 2 aliphatic rings. The van der Waals surface area contributed by atoms with Crippen LogP contribution in [0.25, 0.3) is 0 Å². The molecular weight excluding hydrogens is 314 g/mol. The predicted molar refractivity (Wildman–Crippen MR) is 99.8 cm³/mol. The minimum Gasteiger partial charge on any atom is -0.444 e. The van der Waals surface area contributed by atoms with E-state index in [2.05, 4.69) is 17.0 Å². The van der Waals surface area contributed by atoms with Crippen molar-refractivity contribution in [3.63, 3.8) is 0 Å². The number of anilines is 1. The molecule has 2 fully saturated rings. The van der Waals surface area contributed by atoms with Crippen LogP contribution in [0.4, 0.5) is 10.6 Å². The number of nitrogens with zero attached hydrogens (tertiary/aromatic N) is 3. The Morgan fingerprint density at radius 3 is 2.44 bits per heavy atom. The van der Waals surface area contributed by atoms with Gasteiger partial charge in [-0.25, -0.2) is 9.78 Å². The number of piperidine rings is 2. The summed E-state index contributed by atoms with van der Waals surface area (Å²) in [5.74, 6) is 1.06. The molecule has 2 saturated heterocycles. The second-order valence-corrected chi connectivity index (χ2v) is 8.18. The molecule has 0 N–H and O–H groups in total. The summed E-state index contributed by atoms with van der Waals surface area (Å²) in [6, 6.07) is 4.33. The topological polar surface area (TPSA) is 45.7 Å². The summed E-state index contributed by atoms with van der Waals surface area (Å²) in [7, 11) is 0. The van der Waals surface area contributed by atoms with Crippen LogP contribution in [0.5, 0.6) is 0 Å². The fraction of sp³-hybridized carbons (Fsp3) is 0.700. The van der Waals surface area contributed by atoms with E-state index in [0.717, 1.165) is 50.3 Å². The second kappa shape index (κ2) is 7.63. The van der Waals surface area contributed by atoms with E-state index in [1.165, 1.54) is 19.3 Å². The number of amides is 1. The number of carbonyl (C=O) groups is 1. The van der Waals surface area contributed by atoms with Gasteiger partial charge >= 0.3 is 6.09 Å². The van der Waals surface area contributed by atoms with Crippen molar-refractivity contribution < 1.29 is 9.53 Å². The minimum absolute atomic E-state index is 0.0755. The average Bonchev–Trinajstić information content (AvgIpc) is 2.61. The van der Waals surface area contributed by atoms with Crippen LogP contribution in [0.1, 0.15) is 70.9 Å². The zero-order valence-electron chi connectivity index (χ0n) is 15.8. The maximum Gasteiger partial charge on any atom is 0.410 e. The van der Waals surface area contributed by atoms with Gasteiger partial charge in [-0.3, -0.25) is 0 Å². The lowest BCUT2D eigenvalue weighted by atomic mass is 9.97. The summed E-state index contributed by atoms with van der Waals surface area (Å²) in [5, 5.41) is 0. The van der Waals surface area contributed by atoms with Crippen molar-refractivity contribution in [1.82, 2.24) is 9.88 Å². The third-order valence-corrected chi connectivity index (χ3v) is 4.97. The normalized spacial score (nSPS) is 22.0. The molecule has 25 heavy (non-hydrogen) atoms. The first kappa shape index (κ1) is 18.0. The lowest BCUT2D eigenvalue weighted by molar-refractivity contribution is 0.00948. The van der Waals surface area contributed by atoms with Gasteiger partial charge in [-0.05, 0) is 70.9 Å². The molecule has 1 unspecified atom stereocenters. The monoisotopic (exact) mass is 345 g/mol. The summed E-state index contributed by atoms with van der Waals surface area (Å²) in [4.78, 5) is 21.5. The summed E-state index contributed by atoms with van der Waals surface area (Å²) in [6.07, 6.45) is 8.71.